The van der Waals surface area contributed by atoms with Gasteiger partial charge in [-0.2, -0.15) is 0 Å². The molecule has 7 heteroatoms. The lowest BCUT2D eigenvalue weighted by Crippen LogP contribution is -2.41. The summed E-state index contributed by atoms with van der Waals surface area (Å²) in [5.74, 6) is 0.195. The van der Waals surface area contributed by atoms with Crippen molar-refractivity contribution in [3.8, 4) is 0 Å². The van der Waals surface area contributed by atoms with Gasteiger partial charge < -0.3 is 15.3 Å². The highest BCUT2D eigenvalue weighted by molar-refractivity contribution is 5.77. The van der Waals surface area contributed by atoms with Crippen molar-refractivity contribution in [3.05, 3.63) is 59.3 Å². The number of aliphatic carboxylic acids is 1. The number of pyridine rings is 1. The van der Waals surface area contributed by atoms with Crippen LogP contribution in [0.4, 0.5) is 5.82 Å². The Morgan fingerprint density at radius 3 is 2.84 bits per heavy atom. The smallest absolute Gasteiger partial charge is 0.325 e. The van der Waals surface area contributed by atoms with Crippen molar-refractivity contribution in [1.82, 2.24) is 14.8 Å². The molecule has 4 rings (SSSR count). The molecule has 3 heterocycles. The third-order valence-electron chi connectivity index (χ3n) is 6.40. The maximum Gasteiger partial charge on any atom is 0.325 e. The van der Waals surface area contributed by atoms with Crippen LogP contribution in [0.1, 0.15) is 42.1 Å². The molecule has 2 atom stereocenters. The van der Waals surface area contributed by atoms with E-state index in [1.54, 1.807) is 0 Å². The highest BCUT2D eigenvalue weighted by Gasteiger charge is 2.35. The molecule has 2 aliphatic rings. The van der Waals surface area contributed by atoms with Gasteiger partial charge in [-0.05, 0) is 49.9 Å². The van der Waals surface area contributed by atoms with Crippen molar-refractivity contribution in [2.24, 2.45) is 0 Å². The fourth-order valence-corrected chi connectivity index (χ4v) is 4.60. The Hall–Kier alpha value is -2.93. The minimum Gasteiger partial charge on any atom is -0.480 e. The molecule has 1 aromatic carbocycles. The topological polar surface area (TPSA) is 85.8 Å². The second kappa shape index (κ2) is 9.47. The predicted octanol–water partition coefficient (Wildman–Crippen LogP) is 2.73. The lowest BCUT2D eigenvalue weighted by atomic mass is 10.0. The number of likely N-dealkylation sites (tertiary alicyclic amines) is 1. The minimum atomic E-state index is -0.870. The lowest BCUT2D eigenvalue weighted by molar-refractivity contribution is -0.143. The lowest BCUT2D eigenvalue weighted by Gasteiger charge is -2.30. The van der Waals surface area contributed by atoms with E-state index >= 15 is 0 Å². The summed E-state index contributed by atoms with van der Waals surface area (Å²) in [6.07, 6.45) is 4.00. The number of hydrogen-bond acceptors (Lipinski definition) is 5. The number of aryl methyl sites for hydroxylation is 2. The number of likely N-dealkylation sites (N-methyl/N-ethyl adjacent to an activating group) is 1. The van der Waals surface area contributed by atoms with Crippen LogP contribution in [0.15, 0.2) is 42.5 Å². The molecule has 0 saturated carbocycles. The normalized spacial score (nSPS) is 19.0. The van der Waals surface area contributed by atoms with Crippen LogP contribution >= 0.6 is 0 Å². The highest BCUT2D eigenvalue weighted by atomic mass is 16.4. The van der Waals surface area contributed by atoms with Crippen LogP contribution in [0.2, 0.25) is 0 Å². The van der Waals surface area contributed by atoms with Crippen LogP contribution in [0.3, 0.4) is 0 Å². The van der Waals surface area contributed by atoms with Gasteiger partial charge in [0.2, 0.25) is 5.91 Å². The molecule has 0 aliphatic carbocycles. The number of aromatic nitrogens is 1. The molecule has 2 aromatic rings. The standard InChI is InChI=1S/C24H30N4O3/c1-27(22(24(30)31)17-6-3-2-4-7-17)20-13-15-28(16-20)21(29)12-11-19-10-9-18-8-5-14-25-23(18)26-19/h2-4,6-7,9-10,20,22H,5,8,11-16H2,1H3,(H,25,26)(H,30,31)/t20?,22-/m1/s1. The first-order valence-electron chi connectivity index (χ1n) is 11.0. The van der Waals surface area contributed by atoms with Crippen molar-refractivity contribution in [1.29, 1.82) is 0 Å². The molecular weight excluding hydrogens is 392 g/mol. The average Bonchev–Trinajstić information content (AvgIpc) is 3.28. The minimum absolute atomic E-state index is 0.0244. The SMILES string of the molecule is CN(C1CCN(C(=O)CCc2ccc3c(n2)NCCC3)C1)[C@@H](C(=O)O)c1ccccc1. The predicted molar refractivity (Wildman–Crippen MR) is 119 cm³/mol. The van der Waals surface area contributed by atoms with Gasteiger partial charge in [-0.15, -0.1) is 0 Å². The van der Waals surface area contributed by atoms with Crippen LogP contribution < -0.4 is 5.32 Å². The van der Waals surface area contributed by atoms with Crippen LogP contribution in [-0.2, 0) is 22.4 Å². The maximum absolute atomic E-state index is 12.8. The van der Waals surface area contributed by atoms with Gasteiger partial charge in [-0.1, -0.05) is 36.4 Å². The van der Waals surface area contributed by atoms with Crippen LogP contribution in [-0.4, -0.2) is 64.5 Å². The monoisotopic (exact) mass is 422 g/mol. The molecule has 0 spiro atoms. The molecule has 0 bridgehead atoms. The molecule has 1 amide bonds. The van der Waals surface area contributed by atoms with E-state index in [-0.39, 0.29) is 11.9 Å². The van der Waals surface area contributed by atoms with E-state index in [2.05, 4.69) is 16.4 Å². The van der Waals surface area contributed by atoms with Crippen LogP contribution in [0.5, 0.6) is 0 Å². The molecule has 1 unspecified atom stereocenters. The highest BCUT2D eigenvalue weighted by Crippen LogP contribution is 2.26. The second-order valence-electron chi connectivity index (χ2n) is 8.44. The van der Waals surface area contributed by atoms with Gasteiger partial charge in [-0.3, -0.25) is 14.5 Å². The Balaban J connectivity index is 1.33. The van der Waals surface area contributed by atoms with E-state index in [1.165, 1.54) is 5.56 Å². The zero-order valence-corrected chi connectivity index (χ0v) is 18.0. The van der Waals surface area contributed by atoms with E-state index in [4.69, 9.17) is 0 Å². The number of carbonyl (C=O) groups is 2. The number of benzene rings is 1. The molecule has 1 aromatic heterocycles. The van der Waals surface area contributed by atoms with Gasteiger partial charge in [-0.25, -0.2) is 4.98 Å². The summed E-state index contributed by atoms with van der Waals surface area (Å²) in [7, 11) is 1.84. The number of fused-ring (bicyclic) bond motifs is 1. The summed E-state index contributed by atoms with van der Waals surface area (Å²) in [6.45, 7) is 2.17. The third kappa shape index (κ3) is 4.88. The number of carboxylic acids is 1. The Morgan fingerprint density at radius 2 is 2.06 bits per heavy atom. The molecular formula is C24H30N4O3. The van der Waals surface area contributed by atoms with Crippen molar-refractivity contribution in [2.45, 2.75) is 44.2 Å². The first-order valence-corrected chi connectivity index (χ1v) is 11.0. The molecule has 7 nitrogen and oxygen atoms in total. The van der Waals surface area contributed by atoms with E-state index in [9.17, 15) is 14.7 Å². The quantitative estimate of drug-likeness (QED) is 0.714. The summed E-state index contributed by atoms with van der Waals surface area (Å²) >= 11 is 0. The molecule has 1 fully saturated rings. The fraction of sp³-hybridized carbons (Fsp3) is 0.458. The van der Waals surface area contributed by atoms with Crippen molar-refractivity contribution in [3.63, 3.8) is 0 Å². The first kappa shape index (κ1) is 21.3. The van der Waals surface area contributed by atoms with Gasteiger partial charge in [0.05, 0.1) is 0 Å². The number of nitrogens with zero attached hydrogens (tertiary/aromatic N) is 3. The van der Waals surface area contributed by atoms with Gasteiger partial charge in [0, 0.05) is 37.8 Å². The fourth-order valence-electron chi connectivity index (χ4n) is 4.60. The van der Waals surface area contributed by atoms with Crippen LogP contribution in [0, 0.1) is 0 Å². The third-order valence-corrected chi connectivity index (χ3v) is 6.40. The van der Waals surface area contributed by atoms with Gasteiger partial charge in [0.1, 0.15) is 11.9 Å². The van der Waals surface area contributed by atoms with E-state index in [0.29, 0.717) is 25.9 Å². The molecule has 2 N–H and O–H groups in total. The number of carbonyl (C=O) groups excluding carboxylic acids is 1. The number of rotatable bonds is 7. The number of amides is 1. The first-order chi connectivity index (χ1) is 15.0. The summed E-state index contributed by atoms with van der Waals surface area (Å²) in [5.41, 5.74) is 2.94. The number of hydrogen-bond donors (Lipinski definition) is 2. The summed E-state index contributed by atoms with van der Waals surface area (Å²) in [6, 6.07) is 12.7. The zero-order chi connectivity index (χ0) is 21.8. The van der Waals surface area contributed by atoms with E-state index in [1.807, 2.05) is 53.2 Å². The summed E-state index contributed by atoms with van der Waals surface area (Å²) < 4.78 is 0. The summed E-state index contributed by atoms with van der Waals surface area (Å²) in [4.78, 5) is 33.2. The average molecular weight is 423 g/mol. The van der Waals surface area contributed by atoms with Gasteiger partial charge >= 0.3 is 5.97 Å². The number of nitrogens with one attached hydrogen (secondary N) is 1. The molecule has 2 aliphatic heterocycles. The Bertz CT molecular complexity index is 934. The molecule has 0 radical (unpaired) electrons. The van der Waals surface area contributed by atoms with E-state index < -0.39 is 12.0 Å². The molecule has 1 saturated heterocycles. The van der Waals surface area contributed by atoms with Gasteiger partial charge in [0.25, 0.3) is 0 Å². The largest absolute Gasteiger partial charge is 0.480 e. The number of carboxylic acid groups (broad SMARTS) is 1. The van der Waals surface area contributed by atoms with Gasteiger partial charge in [0.15, 0.2) is 0 Å². The zero-order valence-electron chi connectivity index (χ0n) is 18.0. The molecule has 164 valence electrons. The van der Waals surface area contributed by atoms with Crippen LogP contribution in [0.25, 0.3) is 0 Å². The van der Waals surface area contributed by atoms with Crippen molar-refractivity contribution in [2.75, 3.05) is 32.0 Å². The Labute approximate surface area is 183 Å². The Morgan fingerprint density at radius 1 is 1.26 bits per heavy atom. The number of anilines is 1. The summed E-state index contributed by atoms with van der Waals surface area (Å²) in [5, 5.41) is 13.1. The maximum atomic E-state index is 12.8. The van der Waals surface area contributed by atoms with Crippen molar-refractivity contribution < 1.29 is 14.7 Å². The Kier molecular flexibility index (Phi) is 6.51. The molecule has 31 heavy (non-hydrogen) atoms. The van der Waals surface area contributed by atoms with Crippen molar-refractivity contribution >= 4 is 17.7 Å². The second-order valence-corrected chi connectivity index (χ2v) is 8.44. The van der Waals surface area contributed by atoms with E-state index in [0.717, 1.165) is 42.9 Å².